The van der Waals surface area contributed by atoms with Crippen LogP contribution in [0.2, 0.25) is 0 Å². The van der Waals surface area contributed by atoms with Gasteiger partial charge in [-0.2, -0.15) is 11.8 Å². The molecule has 4 saturated carbocycles. The standard InChI is InChI=1S/C29H46O6S/c1-27-8-5-22(36-16-15-34-14-13-33-12-11-30)18-21(27)3-4-25-24(27)6-9-28(2)23(7-10-29(25,28)32)20-17-26(31)35-19-20/h17,21-25,30,32H,3-16,18-19H2,1-2H3/t21-,22+,23-,24+,25-,27+,28-,29+/m1/s1. The fourth-order valence-electron chi connectivity index (χ4n) is 9.18. The quantitative estimate of drug-likeness (QED) is 0.326. The van der Waals surface area contributed by atoms with E-state index in [4.69, 9.17) is 19.3 Å². The molecular formula is C29H46O6S. The van der Waals surface area contributed by atoms with E-state index >= 15 is 0 Å². The lowest BCUT2D eigenvalue weighted by atomic mass is 9.43. The average molecular weight is 523 g/mol. The number of rotatable bonds is 10. The molecule has 36 heavy (non-hydrogen) atoms. The molecule has 0 bridgehead atoms. The van der Waals surface area contributed by atoms with Crippen molar-refractivity contribution in [2.24, 2.45) is 34.5 Å². The van der Waals surface area contributed by atoms with E-state index in [1.807, 2.05) is 0 Å². The molecule has 5 rings (SSSR count). The van der Waals surface area contributed by atoms with E-state index in [1.165, 1.54) is 32.1 Å². The SMILES string of the molecule is C[C@]12CC[C@H](SCCOCCOCCO)C[C@H]1CC[C@@H]1[C@@H]2CC[C@]2(C)[C@@H](C3=CC(=O)OC3)CC[C@]12O. The van der Waals surface area contributed by atoms with Crippen LogP contribution in [0, 0.1) is 34.5 Å². The predicted molar refractivity (Wildman–Crippen MR) is 141 cm³/mol. The van der Waals surface area contributed by atoms with Crippen molar-refractivity contribution in [3.8, 4) is 0 Å². The second kappa shape index (κ2) is 10.9. The molecule has 4 aliphatic carbocycles. The summed E-state index contributed by atoms with van der Waals surface area (Å²) in [4.78, 5) is 11.8. The van der Waals surface area contributed by atoms with E-state index in [1.54, 1.807) is 6.08 Å². The van der Waals surface area contributed by atoms with Crippen LogP contribution < -0.4 is 0 Å². The number of ether oxygens (including phenoxy) is 3. The number of aliphatic hydroxyl groups excluding tert-OH is 1. The fourth-order valence-corrected chi connectivity index (χ4v) is 10.4. The molecule has 2 N–H and O–H groups in total. The lowest BCUT2D eigenvalue weighted by Crippen LogP contribution is -2.62. The highest BCUT2D eigenvalue weighted by molar-refractivity contribution is 7.99. The van der Waals surface area contributed by atoms with Gasteiger partial charge in [-0.15, -0.1) is 0 Å². The Morgan fingerprint density at radius 1 is 1.00 bits per heavy atom. The zero-order valence-corrected chi connectivity index (χ0v) is 23.0. The molecule has 0 radical (unpaired) electrons. The van der Waals surface area contributed by atoms with Crippen molar-refractivity contribution >= 4 is 17.7 Å². The van der Waals surface area contributed by atoms with Gasteiger partial charge >= 0.3 is 5.97 Å². The van der Waals surface area contributed by atoms with Gasteiger partial charge in [-0.25, -0.2) is 4.79 Å². The minimum atomic E-state index is -0.620. The molecule has 0 spiro atoms. The Morgan fingerprint density at radius 3 is 2.56 bits per heavy atom. The van der Waals surface area contributed by atoms with Gasteiger partial charge < -0.3 is 24.4 Å². The van der Waals surface area contributed by atoms with E-state index < -0.39 is 5.60 Å². The van der Waals surface area contributed by atoms with Gasteiger partial charge in [0.1, 0.15) is 6.61 Å². The van der Waals surface area contributed by atoms with Crippen LogP contribution in [0.1, 0.15) is 71.6 Å². The Morgan fingerprint density at radius 2 is 1.81 bits per heavy atom. The summed E-state index contributed by atoms with van der Waals surface area (Å²) in [6.45, 7) is 7.64. The first-order valence-corrected chi connectivity index (χ1v) is 15.3. The largest absolute Gasteiger partial charge is 0.458 e. The summed E-state index contributed by atoms with van der Waals surface area (Å²) in [5.41, 5.74) is 0.690. The molecule has 0 saturated heterocycles. The second-order valence-corrected chi connectivity index (χ2v) is 13.9. The number of hydrogen-bond donors (Lipinski definition) is 2. The Bertz CT molecular complexity index is 833. The lowest BCUT2D eigenvalue weighted by molar-refractivity contribution is -0.203. The number of hydrogen-bond acceptors (Lipinski definition) is 7. The number of thioether (sulfide) groups is 1. The first kappa shape index (κ1) is 27.0. The normalized spacial score (nSPS) is 43.9. The zero-order valence-electron chi connectivity index (χ0n) is 22.2. The molecule has 6 nitrogen and oxygen atoms in total. The Balaban J connectivity index is 1.17. The van der Waals surface area contributed by atoms with Gasteiger partial charge in [-0.05, 0) is 92.4 Å². The monoisotopic (exact) mass is 522 g/mol. The van der Waals surface area contributed by atoms with Crippen molar-refractivity contribution in [1.29, 1.82) is 0 Å². The van der Waals surface area contributed by atoms with Crippen molar-refractivity contribution in [2.75, 3.05) is 45.4 Å². The molecule has 1 aliphatic heterocycles. The summed E-state index contributed by atoms with van der Waals surface area (Å²) >= 11 is 2.08. The van der Waals surface area contributed by atoms with Gasteiger partial charge in [0.25, 0.3) is 0 Å². The average Bonchev–Trinajstić information content (AvgIpc) is 3.40. The Labute approximate surface area is 220 Å². The third-order valence-electron chi connectivity index (χ3n) is 11.1. The third-order valence-corrected chi connectivity index (χ3v) is 12.4. The highest BCUT2D eigenvalue weighted by atomic mass is 32.2. The number of carbonyl (C=O) groups excluding carboxylic acids is 1. The summed E-state index contributed by atoms with van der Waals surface area (Å²) in [6, 6.07) is 0. The molecule has 0 amide bonds. The van der Waals surface area contributed by atoms with E-state index in [0.29, 0.717) is 48.9 Å². The maximum Gasteiger partial charge on any atom is 0.331 e. The minimum Gasteiger partial charge on any atom is -0.458 e. The molecular weight excluding hydrogens is 476 g/mol. The molecule has 0 aromatic carbocycles. The van der Waals surface area contributed by atoms with Crippen LogP contribution in [-0.2, 0) is 19.0 Å². The number of fused-ring (bicyclic) bond motifs is 5. The molecule has 7 heteroatoms. The summed E-state index contributed by atoms with van der Waals surface area (Å²) in [5, 5.41) is 21.8. The molecule has 5 aliphatic rings. The maximum atomic E-state index is 12.4. The van der Waals surface area contributed by atoms with Crippen molar-refractivity contribution in [3.05, 3.63) is 11.6 Å². The van der Waals surface area contributed by atoms with Crippen LogP contribution in [0.5, 0.6) is 0 Å². The first-order chi connectivity index (χ1) is 17.3. The Kier molecular flexibility index (Phi) is 8.15. The van der Waals surface area contributed by atoms with Gasteiger partial charge in [-0.1, -0.05) is 13.8 Å². The highest BCUT2D eigenvalue weighted by Crippen LogP contribution is 2.70. The predicted octanol–water partition coefficient (Wildman–Crippen LogP) is 4.37. The first-order valence-electron chi connectivity index (χ1n) is 14.3. The van der Waals surface area contributed by atoms with E-state index in [-0.39, 0.29) is 23.9 Å². The van der Waals surface area contributed by atoms with Gasteiger partial charge in [-0.3, -0.25) is 0 Å². The summed E-state index contributed by atoms with van der Waals surface area (Å²) in [7, 11) is 0. The molecule has 0 aromatic heterocycles. The third kappa shape index (κ3) is 4.70. The zero-order chi connectivity index (χ0) is 25.4. The number of cyclic esters (lactones) is 1. The van der Waals surface area contributed by atoms with Crippen LogP contribution in [0.25, 0.3) is 0 Å². The smallest absolute Gasteiger partial charge is 0.331 e. The number of aliphatic hydroxyl groups is 2. The second-order valence-electron chi connectivity index (χ2n) is 12.5. The van der Waals surface area contributed by atoms with Gasteiger partial charge in [0.15, 0.2) is 0 Å². The van der Waals surface area contributed by atoms with Gasteiger partial charge in [0.05, 0.1) is 38.6 Å². The van der Waals surface area contributed by atoms with E-state index in [2.05, 4.69) is 25.6 Å². The number of esters is 1. The highest BCUT2D eigenvalue weighted by Gasteiger charge is 2.67. The Hall–Kier alpha value is -0.600. The van der Waals surface area contributed by atoms with Crippen molar-refractivity contribution in [1.82, 2.24) is 0 Å². The summed E-state index contributed by atoms with van der Waals surface area (Å²) in [6.07, 6.45) is 12.0. The van der Waals surface area contributed by atoms with Crippen LogP contribution in [0.15, 0.2) is 11.6 Å². The number of carbonyl (C=O) groups is 1. The van der Waals surface area contributed by atoms with Crippen molar-refractivity contribution < 1.29 is 29.2 Å². The molecule has 204 valence electrons. The van der Waals surface area contributed by atoms with Crippen LogP contribution >= 0.6 is 11.8 Å². The van der Waals surface area contributed by atoms with Crippen LogP contribution in [-0.4, -0.2) is 72.4 Å². The van der Waals surface area contributed by atoms with Crippen molar-refractivity contribution in [2.45, 2.75) is 82.5 Å². The van der Waals surface area contributed by atoms with Crippen molar-refractivity contribution in [3.63, 3.8) is 0 Å². The van der Waals surface area contributed by atoms with E-state index in [0.717, 1.165) is 49.5 Å². The van der Waals surface area contributed by atoms with Crippen LogP contribution in [0.3, 0.4) is 0 Å². The lowest BCUT2D eigenvalue weighted by Gasteiger charge is -2.64. The van der Waals surface area contributed by atoms with Gasteiger partial charge in [0.2, 0.25) is 0 Å². The van der Waals surface area contributed by atoms with Crippen LogP contribution in [0.4, 0.5) is 0 Å². The van der Waals surface area contributed by atoms with E-state index in [9.17, 15) is 9.90 Å². The topological polar surface area (TPSA) is 85.2 Å². The maximum absolute atomic E-state index is 12.4. The molecule has 0 unspecified atom stereocenters. The minimum absolute atomic E-state index is 0.0637. The molecule has 1 heterocycles. The molecule has 0 aromatic rings. The van der Waals surface area contributed by atoms with Gasteiger partial charge in [0, 0.05) is 22.5 Å². The fraction of sp³-hybridized carbons (Fsp3) is 0.897. The summed E-state index contributed by atoms with van der Waals surface area (Å²) in [5.74, 6) is 2.84. The molecule has 4 fully saturated rings. The molecule has 8 atom stereocenters. The summed E-state index contributed by atoms with van der Waals surface area (Å²) < 4.78 is 16.2.